The van der Waals surface area contributed by atoms with Gasteiger partial charge in [0.15, 0.2) is 16.1 Å². The molecule has 3 heterocycles. The van der Waals surface area contributed by atoms with E-state index in [2.05, 4.69) is 5.48 Å². The van der Waals surface area contributed by atoms with Gasteiger partial charge >= 0.3 is 0 Å². The Morgan fingerprint density at radius 2 is 1.74 bits per heavy atom. The molecule has 2 aromatic carbocycles. The van der Waals surface area contributed by atoms with Gasteiger partial charge in [-0.3, -0.25) is 9.59 Å². The highest BCUT2D eigenvalue weighted by atomic mass is 32.2. The van der Waals surface area contributed by atoms with Gasteiger partial charge in [0.25, 0.3) is 5.91 Å². The van der Waals surface area contributed by atoms with E-state index in [-0.39, 0.29) is 37.6 Å². The van der Waals surface area contributed by atoms with Crippen LogP contribution in [0.15, 0.2) is 72.8 Å². The Labute approximate surface area is 232 Å². The normalized spacial score (nSPS) is 23.1. The third kappa shape index (κ3) is 6.09. The summed E-state index contributed by atoms with van der Waals surface area (Å²) in [5, 5.41) is 0. The van der Waals surface area contributed by atoms with E-state index in [4.69, 9.17) is 9.57 Å². The Morgan fingerprint density at radius 3 is 2.46 bits per heavy atom. The van der Waals surface area contributed by atoms with Gasteiger partial charge in [-0.25, -0.2) is 18.7 Å². The van der Waals surface area contributed by atoms with Crippen molar-refractivity contribution in [3.63, 3.8) is 0 Å². The number of carbonyl (C=O) groups is 2. The molecule has 3 aromatic rings. The van der Waals surface area contributed by atoms with Crippen molar-refractivity contribution in [2.45, 2.75) is 43.1 Å². The summed E-state index contributed by atoms with van der Waals surface area (Å²) in [5.41, 5.74) is 3.92. The molecule has 2 saturated heterocycles. The number of hydroxylamine groups is 1. The molecule has 1 N–H and O–H groups in total. The van der Waals surface area contributed by atoms with Crippen LogP contribution in [-0.4, -0.2) is 56.9 Å². The van der Waals surface area contributed by atoms with Crippen LogP contribution in [0.2, 0.25) is 0 Å². The second-order valence-corrected chi connectivity index (χ2v) is 13.4. The van der Waals surface area contributed by atoms with Crippen LogP contribution < -0.4 is 5.48 Å². The van der Waals surface area contributed by atoms with Gasteiger partial charge in [0.2, 0.25) is 5.91 Å². The van der Waals surface area contributed by atoms with Crippen molar-refractivity contribution < 1.29 is 27.6 Å². The number of ether oxygens (including phenoxy) is 1. The Kier molecular flexibility index (Phi) is 8.46. The standard InChI is InChI=1S/C29H32N2O6S2/c32-26(30-37-27-13-7-8-19-36-27)21-29(25-15-14-24(38-25)22-9-3-1-4-10-22)16-17-31(18-20-39(29,34)35)28(33)23-11-5-2-6-12-23/h1-6,9-12,14-15,27H,7-8,13,16-21H2,(H,30,32). The molecule has 206 valence electrons. The Bertz CT molecular complexity index is 1390. The lowest BCUT2D eigenvalue weighted by molar-refractivity contribution is -0.200. The lowest BCUT2D eigenvalue weighted by Crippen LogP contribution is -2.43. The average Bonchev–Trinajstić information content (AvgIpc) is 3.43. The van der Waals surface area contributed by atoms with E-state index in [1.165, 1.54) is 11.3 Å². The molecule has 8 nitrogen and oxygen atoms in total. The van der Waals surface area contributed by atoms with Crippen LogP contribution in [0.4, 0.5) is 0 Å². The topological polar surface area (TPSA) is 102 Å². The minimum Gasteiger partial charge on any atom is -0.350 e. The van der Waals surface area contributed by atoms with Crippen LogP contribution in [0.1, 0.15) is 47.3 Å². The van der Waals surface area contributed by atoms with Gasteiger partial charge < -0.3 is 9.64 Å². The molecule has 0 radical (unpaired) electrons. The molecule has 0 bridgehead atoms. The number of benzene rings is 2. The lowest BCUT2D eigenvalue weighted by Gasteiger charge is -2.31. The quantitative estimate of drug-likeness (QED) is 0.420. The molecule has 2 aliphatic heterocycles. The third-order valence-electron chi connectivity index (χ3n) is 7.32. The molecule has 5 rings (SSSR count). The van der Waals surface area contributed by atoms with Crippen LogP contribution in [-0.2, 0) is 29.0 Å². The van der Waals surface area contributed by atoms with Crippen molar-refractivity contribution >= 4 is 33.0 Å². The largest absolute Gasteiger partial charge is 0.350 e. The van der Waals surface area contributed by atoms with E-state index in [1.54, 1.807) is 35.2 Å². The summed E-state index contributed by atoms with van der Waals surface area (Å²) in [6.45, 7) is 0.815. The van der Waals surface area contributed by atoms with Gasteiger partial charge in [-0.15, -0.1) is 11.3 Å². The molecule has 2 aliphatic rings. The van der Waals surface area contributed by atoms with E-state index >= 15 is 0 Å². The molecular weight excluding hydrogens is 536 g/mol. The number of rotatable bonds is 7. The maximum atomic E-state index is 14.0. The summed E-state index contributed by atoms with van der Waals surface area (Å²) < 4.78 is 32.1. The average molecular weight is 569 g/mol. The molecule has 2 amide bonds. The van der Waals surface area contributed by atoms with E-state index in [0.29, 0.717) is 23.5 Å². The Hall–Kier alpha value is -3.05. The second-order valence-electron chi connectivity index (χ2n) is 9.87. The van der Waals surface area contributed by atoms with Crippen LogP contribution in [0.25, 0.3) is 10.4 Å². The molecule has 0 aliphatic carbocycles. The fourth-order valence-electron chi connectivity index (χ4n) is 5.11. The number of thiophene rings is 1. The first-order chi connectivity index (χ1) is 18.9. The highest BCUT2D eigenvalue weighted by molar-refractivity contribution is 7.92. The smallest absolute Gasteiger partial charge is 0.253 e. The predicted octanol–water partition coefficient (Wildman–Crippen LogP) is 4.54. The zero-order valence-corrected chi connectivity index (χ0v) is 23.2. The SMILES string of the molecule is O=C(CC1(c2ccc(-c3ccccc3)s2)CCN(C(=O)c2ccccc2)CCS1(=O)=O)NOC1CCCCO1. The minimum atomic E-state index is -3.86. The van der Waals surface area contributed by atoms with Crippen molar-refractivity contribution in [3.8, 4) is 10.4 Å². The first kappa shape index (κ1) is 27.5. The zero-order valence-electron chi connectivity index (χ0n) is 21.6. The fourth-order valence-corrected chi connectivity index (χ4v) is 8.72. The molecule has 10 heteroatoms. The van der Waals surface area contributed by atoms with Crippen molar-refractivity contribution in [1.82, 2.24) is 10.4 Å². The number of carbonyl (C=O) groups excluding carboxylic acids is 2. The van der Waals surface area contributed by atoms with Gasteiger partial charge in [0, 0.05) is 41.4 Å². The summed E-state index contributed by atoms with van der Waals surface area (Å²) in [7, 11) is -3.86. The molecular formula is C29H32N2O6S2. The maximum absolute atomic E-state index is 14.0. The van der Waals surface area contributed by atoms with Crippen molar-refractivity contribution in [2.75, 3.05) is 25.4 Å². The fraction of sp³-hybridized carbons (Fsp3) is 0.379. The summed E-state index contributed by atoms with van der Waals surface area (Å²) in [6, 6.07) is 22.2. The summed E-state index contributed by atoms with van der Waals surface area (Å²) in [4.78, 5) is 35.0. The van der Waals surface area contributed by atoms with Gasteiger partial charge in [0.1, 0.15) is 4.75 Å². The van der Waals surface area contributed by atoms with Crippen molar-refractivity contribution in [2.24, 2.45) is 0 Å². The molecule has 0 saturated carbocycles. The third-order valence-corrected chi connectivity index (χ3v) is 11.3. The number of hydrogen-bond acceptors (Lipinski definition) is 7. The van der Waals surface area contributed by atoms with Crippen LogP contribution in [0.5, 0.6) is 0 Å². The molecule has 2 atom stereocenters. The number of nitrogens with one attached hydrogen (secondary N) is 1. The summed E-state index contributed by atoms with van der Waals surface area (Å²) in [5.74, 6) is -1.01. The summed E-state index contributed by atoms with van der Waals surface area (Å²) in [6.07, 6.45) is 1.76. The zero-order chi connectivity index (χ0) is 27.3. The van der Waals surface area contributed by atoms with Crippen molar-refractivity contribution in [3.05, 3.63) is 83.2 Å². The van der Waals surface area contributed by atoms with E-state index in [0.717, 1.165) is 23.3 Å². The van der Waals surface area contributed by atoms with E-state index in [1.807, 2.05) is 42.5 Å². The summed E-state index contributed by atoms with van der Waals surface area (Å²) >= 11 is 1.37. The van der Waals surface area contributed by atoms with Crippen molar-refractivity contribution in [1.29, 1.82) is 0 Å². The Morgan fingerprint density at radius 1 is 1.00 bits per heavy atom. The van der Waals surface area contributed by atoms with Gasteiger partial charge in [0.05, 0.1) is 12.2 Å². The first-order valence-corrected chi connectivity index (χ1v) is 15.6. The van der Waals surface area contributed by atoms with Gasteiger partial charge in [-0.2, -0.15) is 0 Å². The molecule has 2 fully saturated rings. The van der Waals surface area contributed by atoms with Gasteiger partial charge in [-0.05, 0) is 49.1 Å². The molecule has 2 unspecified atom stereocenters. The second kappa shape index (κ2) is 12.0. The van der Waals surface area contributed by atoms with Crippen LogP contribution in [0.3, 0.4) is 0 Å². The van der Waals surface area contributed by atoms with Crippen LogP contribution in [0, 0.1) is 0 Å². The van der Waals surface area contributed by atoms with Gasteiger partial charge in [-0.1, -0.05) is 48.5 Å². The van der Waals surface area contributed by atoms with Crippen LogP contribution >= 0.6 is 11.3 Å². The number of hydrogen-bond donors (Lipinski definition) is 1. The first-order valence-electron chi connectivity index (χ1n) is 13.2. The predicted molar refractivity (Wildman–Crippen MR) is 150 cm³/mol. The van der Waals surface area contributed by atoms with E-state index in [9.17, 15) is 18.0 Å². The molecule has 0 spiro atoms. The number of amides is 2. The maximum Gasteiger partial charge on any atom is 0.253 e. The lowest BCUT2D eigenvalue weighted by atomic mass is 9.97. The molecule has 1 aromatic heterocycles. The Balaban J connectivity index is 1.44. The molecule has 39 heavy (non-hydrogen) atoms. The highest BCUT2D eigenvalue weighted by Gasteiger charge is 2.50. The number of sulfone groups is 1. The number of nitrogens with zero attached hydrogens (tertiary/aromatic N) is 1. The van der Waals surface area contributed by atoms with E-state index < -0.39 is 26.8 Å². The minimum absolute atomic E-state index is 0.0583. The highest BCUT2D eigenvalue weighted by Crippen LogP contribution is 2.45. The monoisotopic (exact) mass is 568 g/mol.